The highest BCUT2D eigenvalue weighted by Crippen LogP contribution is 2.20. The number of halogens is 2. The number of aromatic nitrogens is 1. The maximum atomic E-state index is 10.4. The molecule has 1 unspecified atom stereocenters. The summed E-state index contributed by atoms with van der Waals surface area (Å²) in [5.74, 6) is 1.78. The number of aliphatic hydroxyl groups excluding tert-OH is 1. The van der Waals surface area contributed by atoms with Gasteiger partial charge in [0.15, 0.2) is 5.96 Å². The second-order valence-electron chi connectivity index (χ2n) is 6.54. The van der Waals surface area contributed by atoms with Crippen LogP contribution in [0.1, 0.15) is 32.4 Å². The van der Waals surface area contributed by atoms with E-state index in [1.807, 2.05) is 45.0 Å². The van der Waals surface area contributed by atoms with Gasteiger partial charge in [-0.3, -0.25) is 4.99 Å². The van der Waals surface area contributed by atoms with Gasteiger partial charge in [-0.2, -0.15) is 0 Å². The summed E-state index contributed by atoms with van der Waals surface area (Å²) in [6.07, 6.45) is 1.03. The Morgan fingerprint density at radius 2 is 1.93 bits per heavy atom. The van der Waals surface area contributed by atoms with Crippen LogP contribution in [0, 0.1) is 0 Å². The molecule has 0 saturated heterocycles. The molecule has 2 rings (SSSR count). The van der Waals surface area contributed by atoms with Crippen molar-refractivity contribution in [1.82, 2.24) is 15.6 Å². The van der Waals surface area contributed by atoms with Gasteiger partial charge in [-0.25, -0.2) is 4.98 Å². The van der Waals surface area contributed by atoms with Crippen LogP contribution in [0.4, 0.5) is 0 Å². The molecule has 166 valence electrons. The lowest BCUT2D eigenvalue weighted by atomic mass is 10.1. The third kappa shape index (κ3) is 9.36. The summed E-state index contributed by atoms with van der Waals surface area (Å²) < 4.78 is 11.2. The van der Waals surface area contributed by atoms with E-state index in [1.165, 1.54) is 0 Å². The van der Waals surface area contributed by atoms with Gasteiger partial charge in [-0.05, 0) is 50.6 Å². The Hall–Kier alpha value is -1.78. The molecule has 0 aliphatic rings. The van der Waals surface area contributed by atoms with Crippen molar-refractivity contribution in [1.29, 1.82) is 0 Å². The fourth-order valence-electron chi connectivity index (χ4n) is 2.46. The topological polar surface area (TPSA) is 88.0 Å². The molecule has 30 heavy (non-hydrogen) atoms. The van der Waals surface area contributed by atoms with Gasteiger partial charge in [-0.15, -0.1) is 24.0 Å². The van der Waals surface area contributed by atoms with Gasteiger partial charge < -0.3 is 25.2 Å². The molecule has 0 spiro atoms. The van der Waals surface area contributed by atoms with E-state index in [2.05, 4.69) is 20.6 Å². The van der Waals surface area contributed by atoms with Crippen LogP contribution in [0.25, 0.3) is 0 Å². The molecule has 2 aromatic rings. The first-order valence-corrected chi connectivity index (χ1v) is 10.1. The van der Waals surface area contributed by atoms with Crippen molar-refractivity contribution in [3.05, 3.63) is 53.2 Å². The zero-order valence-electron chi connectivity index (χ0n) is 17.5. The van der Waals surface area contributed by atoms with E-state index >= 15 is 0 Å². The van der Waals surface area contributed by atoms with Crippen LogP contribution in [0.5, 0.6) is 11.6 Å². The lowest BCUT2D eigenvalue weighted by molar-refractivity contribution is 0.186. The Morgan fingerprint density at radius 1 is 1.20 bits per heavy atom. The monoisotopic (exact) mass is 548 g/mol. The quantitative estimate of drug-likeness (QED) is 0.181. The van der Waals surface area contributed by atoms with Crippen molar-refractivity contribution in [3.63, 3.8) is 0 Å². The molecule has 0 aliphatic heterocycles. The largest absolute Gasteiger partial charge is 0.491 e. The van der Waals surface area contributed by atoms with Crippen molar-refractivity contribution in [2.75, 3.05) is 26.2 Å². The number of aliphatic imine (C=N–C) groups is 1. The van der Waals surface area contributed by atoms with Crippen LogP contribution in [0.2, 0.25) is 5.02 Å². The SMILES string of the molecule is CCNC(=NCC(O)c1ccc(OC(C)C)cc1)NCCOc1ncccc1Cl.I. The number of guanidine groups is 1. The number of hydrogen-bond donors (Lipinski definition) is 3. The summed E-state index contributed by atoms with van der Waals surface area (Å²) in [5.41, 5.74) is 0.786. The zero-order chi connectivity index (χ0) is 21.1. The molecule has 0 radical (unpaired) electrons. The zero-order valence-corrected chi connectivity index (χ0v) is 20.6. The fourth-order valence-corrected chi connectivity index (χ4v) is 2.64. The highest BCUT2D eigenvalue weighted by atomic mass is 127. The smallest absolute Gasteiger partial charge is 0.232 e. The van der Waals surface area contributed by atoms with Crippen LogP contribution in [0.15, 0.2) is 47.6 Å². The van der Waals surface area contributed by atoms with E-state index in [-0.39, 0.29) is 36.6 Å². The molecule has 0 bridgehead atoms. The van der Waals surface area contributed by atoms with Crippen LogP contribution in [-0.4, -0.2) is 48.4 Å². The van der Waals surface area contributed by atoms with Gasteiger partial charge in [-0.1, -0.05) is 23.7 Å². The maximum Gasteiger partial charge on any atom is 0.232 e. The highest BCUT2D eigenvalue weighted by Gasteiger charge is 2.09. The maximum absolute atomic E-state index is 10.4. The van der Waals surface area contributed by atoms with E-state index < -0.39 is 6.10 Å². The number of ether oxygens (including phenoxy) is 2. The molecule has 0 aliphatic carbocycles. The van der Waals surface area contributed by atoms with Gasteiger partial charge in [0, 0.05) is 12.7 Å². The lowest BCUT2D eigenvalue weighted by Crippen LogP contribution is -2.39. The Kier molecular flexibility index (Phi) is 12.5. The number of pyridine rings is 1. The van der Waals surface area contributed by atoms with Gasteiger partial charge in [0.1, 0.15) is 17.4 Å². The minimum Gasteiger partial charge on any atom is -0.491 e. The summed E-state index contributed by atoms with van der Waals surface area (Å²) in [4.78, 5) is 8.52. The van der Waals surface area contributed by atoms with Gasteiger partial charge >= 0.3 is 0 Å². The third-order valence-electron chi connectivity index (χ3n) is 3.76. The molecule has 1 heterocycles. The summed E-state index contributed by atoms with van der Waals surface area (Å²) in [6, 6.07) is 10.9. The Morgan fingerprint density at radius 3 is 2.57 bits per heavy atom. The average Bonchev–Trinajstić information content (AvgIpc) is 2.70. The van der Waals surface area contributed by atoms with E-state index in [4.69, 9.17) is 21.1 Å². The number of nitrogens with one attached hydrogen (secondary N) is 2. The molecule has 1 atom stereocenters. The summed E-state index contributed by atoms with van der Waals surface area (Å²) in [5, 5.41) is 17.2. The first-order valence-electron chi connectivity index (χ1n) is 9.69. The van der Waals surface area contributed by atoms with Crippen molar-refractivity contribution in [2.24, 2.45) is 4.99 Å². The van der Waals surface area contributed by atoms with E-state index in [9.17, 15) is 5.11 Å². The summed E-state index contributed by atoms with van der Waals surface area (Å²) in [7, 11) is 0. The van der Waals surface area contributed by atoms with Crippen LogP contribution >= 0.6 is 35.6 Å². The molecular formula is C21H30ClIN4O3. The van der Waals surface area contributed by atoms with E-state index in [1.54, 1.807) is 18.3 Å². The number of aliphatic hydroxyl groups is 1. The van der Waals surface area contributed by atoms with Crippen LogP contribution in [0.3, 0.4) is 0 Å². The Bertz CT molecular complexity index is 775. The predicted octanol–water partition coefficient (Wildman–Crippen LogP) is 3.81. The third-order valence-corrected chi connectivity index (χ3v) is 4.05. The lowest BCUT2D eigenvalue weighted by Gasteiger charge is -2.14. The first kappa shape index (κ1) is 26.3. The number of nitrogens with zero attached hydrogens (tertiary/aromatic N) is 2. The molecule has 3 N–H and O–H groups in total. The van der Waals surface area contributed by atoms with Crippen molar-refractivity contribution in [3.8, 4) is 11.6 Å². The molecule has 0 amide bonds. The van der Waals surface area contributed by atoms with Crippen molar-refractivity contribution in [2.45, 2.75) is 33.0 Å². The number of rotatable bonds is 10. The standard InChI is InChI=1S/C21H29ClN4O3.HI/c1-4-23-21(25-12-13-28-20-18(22)6-5-11-24-20)26-14-19(27)16-7-9-17(10-8-16)29-15(2)3;/h5-11,15,19,27H,4,12-14H2,1-3H3,(H2,23,25,26);1H. The molecule has 1 aromatic heterocycles. The minimum absolute atomic E-state index is 0. The average molecular weight is 549 g/mol. The second kappa shape index (κ2) is 14.3. The minimum atomic E-state index is -0.706. The van der Waals surface area contributed by atoms with Crippen LogP contribution in [-0.2, 0) is 0 Å². The Labute approximate surface area is 200 Å². The summed E-state index contributed by atoms with van der Waals surface area (Å²) in [6.45, 7) is 7.75. The summed E-state index contributed by atoms with van der Waals surface area (Å²) >= 11 is 6.01. The van der Waals surface area contributed by atoms with Gasteiger partial charge in [0.25, 0.3) is 0 Å². The first-order chi connectivity index (χ1) is 14.0. The van der Waals surface area contributed by atoms with E-state index in [0.29, 0.717) is 36.6 Å². The van der Waals surface area contributed by atoms with Gasteiger partial charge in [0.05, 0.1) is 25.3 Å². The molecule has 9 heteroatoms. The Balaban J connectivity index is 0.00000450. The van der Waals surface area contributed by atoms with Crippen LogP contribution < -0.4 is 20.1 Å². The fraction of sp³-hybridized carbons (Fsp3) is 0.429. The van der Waals surface area contributed by atoms with Crippen molar-refractivity contribution < 1.29 is 14.6 Å². The number of benzene rings is 1. The normalized spacial score (nSPS) is 12.1. The second-order valence-corrected chi connectivity index (χ2v) is 6.94. The molecule has 1 aromatic carbocycles. The predicted molar refractivity (Wildman–Crippen MR) is 131 cm³/mol. The molecular weight excluding hydrogens is 519 g/mol. The molecule has 7 nitrogen and oxygen atoms in total. The van der Waals surface area contributed by atoms with E-state index in [0.717, 1.165) is 11.3 Å². The van der Waals surface area contributed by atoms with Gasteiger partial charge in [0.2, 0.25) is 5.88 Å². The number of hydrogen-bond acceptors (Lipinski definition) is 5. The molecule has 0 saturated carbocycles. The highest BCUT2D eigenvalue weighted by molar-refractivity contribution is 14.0. The van der Waals surface area contributed by atoms with Crippen molar-refractivity contribution >= 4 is 41.5 Å². The molecule has 0 fully saturated rings.